The molecule has 4 rings (SSSR count). The molecule has 1 saturated heterocycles. The van der Waals surface area contributed by atoms with Gasteiger partial charge in [-0.15, -0.1) is 11.3 Å². The van der Waals surface area contributed by atoms with Gasteiger partial charge >= 0.3 is 0 Å². The van der Waals surface area contributed by atoms with Gasteiger partial charge in [-0.25, -0.2) is 9.37 Å². The number of aryl methyl sites for hydroxylation is 1. The Kier molecular flexibility index (Phi) is 8.06. The summed E-state index contributed by atoms with van der Waals surface area (Å²) in [6.07, 6.45) is 2.96. The Labute approximate surface area is 207 Å². The number of aromatic nitrogens is 1. The molecule has 3 aromatic rings. The second-order valence-electron chi connectivity index (χ2n) is 8.05. The number of hydrogen-bond donors (Lipinski definition) is 1. The molecule has 1 fully saturated rings. The van der Waals surface area contributed by atoms with Crippen molar-refractivity contribution in [2.24, 2.45) is 0 Å². The average Bonchev–Trinajstić information content (AvgIpc) is 3.49. The lowest BCUT2D eigenvalue weighted by molar-refractivity contribution is -0.117. The number of rotatable bonds is 8. The number of halogens is 1. The van der Waals surface area contributed by atoms with Crippen molar-refractivity contribution < 1.29 is 23.1 Å². The molecule has 35 heavy (non-hydrogen) atoms. The number of carbonyl (C=O) groups is 2. The summed E-state index contributed by atoms with van der Waals surface area (Å²) in [4.78, 5) is 32.6. The van der Waals surface area contributed by atoms with E-state index in [9.17, 15) is 14.0 Å². The van der Waals surface area contributed by atoms with Crippen LogP contribution in [0.2, 0.25) is 0 Å². The number of nitrogens with one attached hydrogen (secondary N) is 1. The molecule has 0 aliphatic carbocycles. The van der Waals surface area contributed by atoms with Gasteiger partial charge in [0.25, 0.3) is 0 Å². The molecule has 10 heteroatoms. The second kappa shape index (κ2) is 11.4. The average molecular weight is 499 g/mol. The first-order valence-corrected chi connectivity index (χ1v) is 12.1. The highest BCUT2D eigenvalue weighted by Gasteiger charge is 2.25. The van der Waals surface area contributed by atoms with Crippen LogP contribution in [0.25, 0.3) is 6.08 Å². The highest BCUT2D eigenvalue weighted by atomic mass is 32.1. The molecule has 2 amide bonds. The first-order chi connectivity index (χ1) is 16.9. The minimum atomic E-state index is -0.518. The maximum atomic E-state index is 14.3. The van der Waals surface area contributed by atoms with Crippen LogP contribution >= 0.6 is 11.3 Å². The lowest BCUT2D eigenvalue weighted by atomic mass is 10.1. The molecule has 0 radical (unpaired) electrons. The van der Waals surface area contributed by atoms with Crippen molar-refractivity contribution in [1.29, 1.82) is 0 Å². The van der Waals surface area contributed by atoms with Crippen molar-refractivity contribution >= 4 is 40.0 Å². The normalized spacial score (nSPS) is 15.3. The molecule has 1 atom stereocenters. The van der Waals surface area contributed by atoms with Crippen molar-refractivity contribution in [2.75, 3.05) is 37.7 Å². The molecule has 8 nitrogen and oxygen atoms in total. The Morgan fingerprint density at radius 2 is 2.03 bits per heavy atom. The molecular weight excluding hydrogens is 471 g/mol. The van der Waals surface area contributed by atoms with E-state index in [0.717, 1.165) is 24.6 Å². The molecule has 1 aliphatic heterocycles. The van der Waals surface area contributed by atoms with Crippen LogP contribution in [0.4, 0.5) is 15.2 Å². The summed E-state index contributed by atoms with van der Waals surface area (Å²) in [6.45, 7) is 6.41. The van der Waals surface area contributed by atoms with Gasteiger partial charge < -0.3 is 14.5 Å². The molecule has 3 heterocycles. The SMILES string of the molecule is CC(=O)N(c1nc(/C=C/C(=O)NCC(c2ccc(C)o2)N2CCOCC2)cs1)c1ccccc1F. The van der Waals surface area contributed by atoms with E-state index in [1.54, 1.807) is 23.6 Å². The Morgan fingerprint density at radius 3 is 2.71 bits per heavy atom. The van der Waals surface area contributed by atoms with E-state index in [1.807, 2.05) is 19.1 Å². The molecule has 1 unspecified atom stereocenters. The lowest BCUT2D eigenvalue weighted by Crippen LogP contribution is -2.43. The summed E-state index contributed by atoms with van der Waals surface area (Å²) in [5, 5.41) is 4.96. The van der Waals surface area contributed by atoms with Crippen LogP contribution in [0.15, 0.2) is 52.3 Å². The molecule has 1 N–H and O–H groups in total. The van der Waals surface area contributed by atoms with Crippen LogP contribution in [0, 0.1) is 12.7 Å². The molecule has 2 aromatic heterocycles. The van der Waals surface area contributed by atoms with Crippen molar-refractivity contribution in [1.82, 2.24) is 15.2 Å². The zero-order chi connectivity index (χ0) is 24.8. The third-order valence-electron chi connectivity index (χ3n) is 5.56. The number of para-hydroxylation sites is 1. The number of furan rings is 1. The number of morpholine rings is 1. The monoisotopic (exact) mass is 498 g/mol. The van der Waals surface area contributed by atoms with Gasteiger partial charge in [-0.1, -0.05) is 12.1 Å². The fourth-order valence-electron chi connectivity index (χ4n) is 3.84. The molecular formula is C25H27FN4O4S. The largest absolute Gasteiger partial charge is 0.465 e. The van der Waals surface area contributed by atoms with Gasteiger partial charge in [0.05, 0.1) is 30.6 Å². The zero-order valence-corrected chi connectivity index (χ0v) is 20.4. The standard InChI is InChI=1S/C25H27FN4O4S/c1-17-7-9-23(34-17)22(29-11-13-33-14-12-29)15-27-24(32)10-8-19-16-35-25(28-19)30(18(2)31)21-6-4-3-5-20(21)26/h3-10,16,22H,11-15H2,1-2H3,(H,27,32)/b10-8+. The Morgan fingerprint density at radius 1 is 1.26 bits per heavy atom. The van der Waals surface area contributed by atoms with Gasteiger partial charge in [0, 0.05) is 38.0 Å². The predicted octanol–water partition coefficient (Wildman–Crippen LogP) is 4.07. The maximum absolute atomic E-state index is 14.3. The summed E-state index contributed by atoms with van der Waals surface area (Å²) in [5.74, 6) is 0.462. The lowest BCUT2D eigenvalue weighted by Gasteiger charge is -2.33. The van der Waals surface area contributed by atoms with Gasteiger partial charge in [-0.05, 0) is 37.3 Å². The van der Waals surface area contributed by atoms with E-state index in [2.05, 4.69) is 15.2 Å². The summed E-state index contributed by atoms with van der Waals surface area (Å²) in [7, 11) is 0. The summed E-state index contributed by atoms with van der Waals surface area (Å²) in [5.41, 5.74) is 0.624. The van der Waals surface area contributed by atoms with E-state index in [4.69, 9.17) is 9.15 Å². The van der Waals surface area contributed by atoms with Gasteiger partial charge in [0.2, 0.25) is 11.8 Å². The van der Waals surface area contributed by atoms with Crippen LogP contribution in [0.5, 0.6) is 0 Å². The quantitative estimate of drug-likeness (QED) is 0.471. The van der Waals surface area contributed by atoms with E-state index in [1.165, 1.54) is 41.4 Å². The minimum Gasteiger partial charge on any atom is -0.465 e. The topological polar surface area (TPSA) is 87.9 Å². The fraction of sp³-hybridized carbons (Fsp3) is 0.320. The number of anilines is 2. The number of nitrogens with zero attached hydrogens (tertiary/aromatic N) is 3. The third kappa shape index (κ3) is 6.21. The summed E-state index contributed by atoms with van der Waals surface area (Å²) < 4.78 is 25.5. The highest BCUT2D eigenvalue weighted by molar-refractivity contribution is 7.14. The van der Waals surface area contributed by atoms with Crippen molar-refractivity contribution in [3.8, 4) is 0 Å². The summed E-state index contributed by atoms with van der Waals surface area (Å²) in [6, 6.07) is 9.77. The van der Waals surface area contributed by atoms with E-state index in [0.29, 0.717) is 30.6 Å². The van der Waals surface area contributed by atoms with Crippen LogP contribution < -0.4 is 10.2 Å². The number of ether oxygens (including phenoxy) is 1. The van der Waals surface area contributed by atoms with Gasteiger partial charge in [0.15, 0.2) is 5.13 Å². The number of hydrogen-bond acceptors (Lipinski definition) is 7. The molecule has 0 saturated carbocycles. The van der Waals surface area contributed by atoms with E-state index >= 15 is 0 Å². The fourth-order valence-corrected chi connectivity index (χ4v) is 4.69. The van der Waals surface area contributed by atoms with Crippen molar-refractivity contribution in [3.63, 3.8) is 0 Å². The molecule has 0 bridgehead atoms. The second-order valence-corrected chi connectivity index (χ2v) is 8.89. The number of carbonyl (C=O) groups excluding carboxylic acids is 2. The van der Waals surface area contributed by atoms with Crippen LogP contribution in [-0.4, -0.2) is 54.5 Å². The van der Waals surface area contributed by atoms with Gasteiger partial charge in [-0.2, -0.15) is 0 Å². The maximum Gasteiger partial charge on any atom is 0.244 e. The summed E-state index contributed by atoms with van der Waals surface area (Å²) >= 11 is 1.19. The Bertz CT molecular complexity index is 1200. The third-order valence-corrected chi connectivity index (χ3v) is 6.40. The molecule has 184 valence electrons. The predicted molar refractivity (Wildman–Crippen MR) is 132 cm³/mol. The first-order valence-electron chi connectivity index (χ1n) is 11.3. The number of benzene rings is 1. The van der Waals surface area contributed by atoms with Crippen LogP contribution in [0.3, 0.4) is 0 Å². The van der Waals surface area contributed by atoms with Crippen LogP contribution in [0.1, 0.15) is 30.2 Å². The van der Waals surface area contributed by atoms with E-state index in [-0.39, 0.29) is 23.5 Å². The first kappa shape index (κ1) is 24.8. The Hall–Kier alpha value is -3.34. The van der Waals surface area contributed by atoms with E-state index < -0.39 is 5.82 Å². The Balaban J connectivity index is 1.41. The number of amides is 2. The molecule has 1 aliphatic rings. The van der Waals surface area contributed by atoms with Crippen molar-refractivity contribution in [2.45, 2.75) is 19.9 Å². The number of thiazole rings is 1. The highest BCUT2D eigenvalue weighted by Crippen LogP contribution is 2.31. The smallest absolute Gasteiger partial charge is 0.244 e. The molecule has 0 spiro atoms. The zero-order valence-electron chi connectivity index (χ0n) is 19.6. The van der Waals surface area contributed by atoms with Gasteiger partial charge in [0.1, 0.15) is 17.3 Å². The minimum absolute atomic E-state index is 0.0966. The van der Waals surface area contributed by atoms with Gasteiger partial charge in [-0.3, -0.25) is 19.4 Å². The van der Waals surface area contributed by atoms with Crippen molar-refractivity contribution in [3.05, 3.63) is 70.9 Å². The molecule has 1 aromatic carbocycles. The van der Waals surface area contributed by atoms with Crippen LogP contribution in [-0.2, 0) is 14.3 Å².